The first-order chi connectivity index (χ1) is 7.83. The zero-order chi connectivity index (χ0) is 13.1. The Morgan fingerprint density at radius 2 is 2.12 bits per heavy atom. The first kappa shape index (κ1) is 13.2. The average Bonchev–Trinajstić information content (AvgIpc) is 2.27. The number of nitrogens with zero attached hydrogens (tertiary/aromatic N) is 1. The van der Waals surface area contributed by atoms with Crippen LogP contribution in [0.5, 0.6) is 5.88 Å². The van der Waals surface area contributed by atoms with Gasteiger partial charge in [-0.2, -0.15) is 8.78 Å². The number of hydrogen-bond donors (Lipinski definition) is 1. The molecule has 4 nitrogen and oxygen atoms in total. The Morgan fingerprint density at radius 1 is 1.47 bits per heavy atom. The number of pyridine rings is 1. The van der Waals surface area contributed by atoms with Crippen LogP contribution in [-0.2, 0) is 0 Å². The number of aromatic carboxylic acids is 1. The highest BCUT2D eigenvalue weighted by Gasteiger charge is 2.41. The predicted molar refractivity (Wildman–Crippen MR) is 47.6 cm³/mol. The minimum atomic E-state index is -4.27. The number of halogens is 4. The van der Waals surface area contributed by atoms with Crippen LogP contribution in [0, 0.1) is 0 Å². The monoisotopic (exact) mass is 253 g/mol. The highest BCUT2D eigenvalue weighted by molar-refractivity contribution is 5.87. The first-order valence-electron chi connectivity index (χ1n) is 4.31. The van der Waals surface area contributed by atoms with Crippen LogP contribution < -0.4 is 4.74 Å². The Kier molecular flexibility index (Phi) is 3.87. The van der Waals surface area contributed by atoms with Crippen molar-refractivity contribution < 1.29 is 32.2 Å². The van der Waals surface area contributed by atoms with Crippen LogP contribution in [0.25, 0.3) is 0 Å². The summed E-state index contributed by atoms with van der Waals surface area (Å²) >= 11 is 0. The molecule has 0 aliphatic rings. The second kappa shape index (κ2) is 4.98. The number of carbonyl (C=O) groups is 1. The number of aromatic nitrogens is 1. The molecule has 0 bridgehead atoms. The molecule has 0 aliphatic carbocycles. The van der Waals surface area contributed by atoms with E-state index in [2.05, 4.69) is 9.72 Å². The highest BCUT2D eigenvalue weighted by atomic mass is 19.3. The number of hydrogen-bond acceptors (Lipinski definition) is 3. The van der Waals surface area contributed by atoms with E-state index in [4.69, 9.17) is 5.11 Å². The largest absolute Gasteiger partial charge is 0.478 e. The molecule has 17 heavy (non-hydrogen) atoms. The Bertz CT molecular complexity index is 394. The van der Waals surface area contributed by atoms with Crippen molar-refractivity contribution in [2.45, 2.75) is 12.3 Å². The minimum Gasteiger partial charge on any atom is -0.478 e. The molecule has 1 aromatic heterocycles. The lowest BCUT2D eigenvalue weighted by Gasteiger charge is -2.15. The maximum Gasteiger partial charge on any atom is 0.340 e. The van der Waals surface area contributed by atoms with Crippen molar-refractivity contribution in [3.05, 3.63) is 23.9 Å². The Balaban J connectivity index is 2.62. The van der Waals surface area contributed by atoms with Crippen molar-refractivity contribution in [3.63, 3.8) is 0 Å². The van der Waals surface area contributed by atoms with Crippen LogP contribution in [0.1, 0.15) is 10.4 Å². The standard InChI is InChI=1S/C9H7F4NO3/c10-8(11)9(12,13)4-17-6-2-1-5(3-14-6)7(15)16/h1-3,8H,4H2,(H,15,16). The van der Waals surface area contributed by atoms with Crippen molar-refractivity contribution in [3.8, 4) is 5.88 Å². The highest BCUT2D eigenvalue weighted by Crippen LogP contribution is 2.23. The summed E-state index contributed by atoms with van der Waals surface area (Å²) in [6, 6.07) is 2.07. The van der Waals surface area contributed by atoms with Crippen LogP contribution >= 0.6 is 0 Å². The fraction of sp³-hybridized carbons (Fsp3) is 0.333. The lowest BCUT2D eigenvalue weighted by atomic mass is 10.3. The molecule has 0 aliphatic heterocycles. The van der Waals surface area contributed by atoms with Gasteiger partial charge in [0.05, 0.1) is 5.56 Å². The number of ether oxygens (including phenoxy) is 1. The molecule has 1 rings (SSSR count). The van der Waals surface area contributed by atoms with Crippen LogP contribution in [0.2, 0.25) is 0 Å². The van der Waals surface area contributed by atoms with Gasteiger partial charge in [0.1, 0.15) is 0 Å². The number of alkyl halides is 4. The summed E-state index contributed by atoms with van der Waals surface area (Å²) in [5.74, 6) is -5.87. The third kappa shape index (κ3) is 3.58. The van der Waals surface area contributed by atoms with Gasteiger partial charge in [0, 0.05) is 12.3 Å². The molecule has 0 radical (unpaired) electrons. The Labute approximate surface area is 92.8 Å². The average molecular weight is 253 g/mol. The molecule has 0 spiro atoms. The van der Waals surface area contributed by atoms with E-state index in [0.29, 0.717) is 0 Å². The van der Waals surface area contributed by atoms with E-state index in [1.807, 2.05) is 0 Å². The summed E-state index contributed by atoms with van der Waals surface area (Å²) in [5, 5.41) is 8.51. The molecule has 1 N–H and O–H groups in total. The number of carboxylic acid groups (broad SMARTS) is 1. The minimum absolute atomic E-state index is 0.169. The SMILES string of the molecule is O=C(O)c1ccc(OCC(F)(F)C(F)F)nc1. The first-order valence-corrected chi connectivity index (χ1v) is 4.31. The van der Waals surface area contributed by atoms with E-state index >= 15 is 0 Å². The van der Waals surface area contributed by atoms with Gasteiger partial charge < -0.3 is 9.84 Å². The van der Waals surface area contributed by atoms with Crippen LogP contribution in [0.3, 0.4) is 0 Å². The third-order valence-corrected chi connectivity index (χ3v) is 1.72. The van der Waals surface area contributed by atoms with E-state index in [1.54, 1.807) is 0 Å². The lowest BCUT2D eigenvalue weighted by molar-refractivity contribution is -0.148. The normalized spacial score (nSPS) is 11.6. The third-order valence-electron chi connectivity index (χ3n) is 1.72. The molecule has 0 saturated heterocycles. The van der Waals surface area contributed by atoms with E-state index in [-0.39, 0.29) is 11.4 Å². The van der Waals surface area contributed by atoms with E-state index in [0.717, 1.165) is 18.3 Å². The summed E-state index contributed by atoms with van der Waals surface area (Å²) in [6.45, 7) is -1.52. The molecule has 8 heteroatoms. The summed E-state index contributed by atoms with van der Waals surface area (Å²) in [6.07, 6.45) is -2.96. The van der Waals surface area contributed by atoms with Crippen LogP contribution in [0.4, 0.5) is 17.6 Å². The van der Waals surface area contributed by atoms with E-state index in [9.17, 15) is 22.4 Å². The predicted octanol–water partition coefficient (Wildman–Crippen LogP) is 2.06. The quantitative estimate of drug-likeness (QED) is 0.816. The summed E-state index contributed by atoms with van der Waals surface area (Å²) in [5.41, 5.74) is -0.169. The second-order valence-electron chi connectivity index (χ2n) is 3.04. The van der Waals surface area contributed by atoms with Crippen LogP contribution in [-0.4, -0.2) is 35.0 Å². The van der Waals surface area contributed by atoms with Crippen molar-refractivity contribution >= 4 is 5.97 Å². The van der Waals surface area contributed by atoms with Gasteiger partial charge in [0.15, 0.2) is 6.61 Å². The molecule has 1 aromatic rings. The van der Waals surface area contributed by atoms with Crippen molar-refractivity contribution in [2.75, 3.05) is 6.61 Å². The zero-order valence-electron chi connectivity index (χ0n) is 8.24. The molecule has 0 unspecified atom stereocenters. The topological polar surface area (TPSA) is 59.4 Å². The van der Waals surface area contributed by atoms with E-state index < -0.39 is 24.9 Å². The molecule has 1 heterocycles. The Hall–Kier alpha value is -1.86. The van der Waals surface area contributed by atoms with E-state index in [1.165, 1.54) is 0 Å². The molecular formula is C9H7F4NO3. The second-order valence-corrected chi connectivity index (χ2v) is 3.04. The molecule has 0 aromatic carbocycles. The van der Waals surface area contributed by atoms with Crippen molar-refractivity contribution in [1.29, 1.82) is 0 Å². The smallest absolute Gasteiger partial charge is 0.340 e. The summed E-state index contributed by atoms with van der Waals surface area (Å²) < 4.78 is 52.7. The Morgan fingerprint density at radius 3 is 2.53 bits per heavy atom. The molecule has 0 fully saturated rings. The number of rotatable bonds is 5. The lowest BCUT2D eigenvalue weighted by Crippen LogP contribution is -2.33. The van der Waals surface area contributed by atoms with Crippen LogP contribution in [0.15, 0.2) is 18.3 Å². The molecule has 0 saturated carbocycles. The number of carboxylic acids is 1. The van der Waals surface area contributed by atoms with Gasteiger partial charge in [0.2, 0.25) is 5.88 Å². The van der Waals surface area contributed by atoms with Gasteiger partial charge in [0.25, 0.3) is 0 Å². The van der Waals surface area contributed by atoms with Gasteiger partial charge in [-0.15, -0.1) is 0 Å². The fourth-order valence-electron chi connectivity index (χ4n) is 0.825. The van der Waals surface area contributed by atoms with Gasteiger partial charge in [-0.05, 0) is 6.07 Å². The maximum absolute atomic E-state index is 12.4. The summed E-state index contributed by atoms with van der Waals surface area (Å²) in [7, 11) is 0. The molecule has 0 amide bonds. The molecular weight excluding hydrogens is 246 g/mol. The summed E-state index contributed by atoms with van der Waals surface area (Å²) in [4.78, 5) is 13.8. The van der Waals surface area contributed by atoms with Gasteiger partial charge >= 0.3 is 18.3 Å². The maximum atomic E-state index is 12.4. The van der Waals surface area contributed by atoms with Crippen molar-refractivity contribution in [1.82, 2.24) is 4.98 Å². The molecule has 0 atom stereocenters. The van der Waals surface area contributed by atoms with Gasteiger partial charge in [-0.3, -0.25) is 0 Å². The molecule has 94 valence electrons. The van der Waals surface area contributed by atoms with Crippen molar-refractivity contribution in [2.24, 2.45) is 0 Å². The van der Waals surface area contributed by atoms with Gasteiger partial charge in [-0.1, -0.05) is 0 Å². The fourth-order valence-corrected chi connectivity index (χ4v) is 0.825. The zero-order valence-corrected chi connectivity index (χ0v) is 8.24. The van der Waals surface area contributed by atoms with Gasteiger partial charge in [-0.25, -0.2) is 18.6 Å².